The van der Waals surface area contributed by atoms with E-state index in [2.05, 4.69) is 21.2 Å². The second kappa shape index (κ2) is 5.71. The first-order valence-corrected chi connectivity index (χ1v) is 9.20. The Kier molecular flexibility index (Phi) is 3.97. The molecule has 0 unspecified atom stereocenters. The van der Waals surface area contributed by atoms with Gasteiger partial charge >= 0.3 is 0 Å². The van der Waals surface area contributed by atoms with Crippen LogP contribution in [0.3, 0.4) is 0 Å². The van der Waals surface area contributed by atoms with E-state index in [0.29, 0.717) is 5.69 Å². The predicted molar refractivity (Wildman–Crippen MR) is 92.7 cm³/mol. The van der Waals surface area contributed by atoms with Crippen molar-refractivity contribution in [3.8, 4) is 0 Å². The molecule has 0 saturated heterocycles. The van der Waals surface area contributed by atoms with Crippen molar-refractivity contribution < 1.29 is 18.0 Å². The number of sulfonamides is 1. The molecule has 1 aliphatic rings. The van der Waals surface area contributed by atoms with E-state index in [9.17, 15) is 18.0 Å². The van der Waals surface area contributed by atoms with E-state index >= 15 is 0 Å². The van der Waals surface area contributed by atoms with Gasteiger partial charge < -0.3 is 0 Å². The first-order chi connectivity index (χ1) is 11.2. The number of nitrogens with one attached hydrogen (secondary N) is 1. The van der Waals surface area contributed by atoms with Gasteiger partial charge in [0.25, 0.3) is 21.8 Å². The fourth-order valence-corrected chi connectivity index (χ4v) is 3.89. The van der Waals surface area contributed by atoms with Gasteiger partial charge in [0, 0.05) is 11.5 Å². The third kappa shape index (κ3) is 2.61. The summed E-state index contributed by atoms with van der Waals surface area (Å²) in [5, 5.41) is 2.14. The molecule has 24 heavy (non-hydrogen) atoms. The lowest BCUT2D eigenvalue weighted by Gasteiger charge is -2.20. The zero-order chi connectivity index (χ0) is 17.6. The summed E-state index contributed by atoms with van der Waals surface area (Å²) in [6.45, 7) is 1.86. The van der Waals surface area contributed by atoms with E-state index in [0.717, 1.165) is 14.3 Å². The molecule has 124 valence electrons. The maximum atomic E-state index is 12.8. The van der Waals surface area contributed by atoms with Crippen molar-refractivity contribution in [2.45, 2.75) is 11.8 Å². The minimum Gasteiger partial charge on any atom is -0.288 e. The van der Waals surface area contributed by atoms with E-state index in [1.165, 1.54) is 25.2 Å². The Morgan fingerprint density at radius 2 is 1.67 bits per heavy atom. The molecular formula is C16H13BrN2O4S. The fraction of sp³-hybridized carbons (Fsp3) is 0.125. The number of benzene rings is 2. The number of imide groups is 1. The molecule has 3 rings (SSSR count). The van der Waals surface area contributed by atoms with Crippen LogP contribution in [-0.4, -0.2) is 27.3 Å². The number of halogens is 1. The minimum atomic E-state index is -3.86. The highest BCUT2D eigenvalue weighted by Gasteiger charge is 2.30. The van der Waals surface area contributed by atoms with Crippen LogP contribution in [0.15, 0.2) is 45.8 Å². The summed E-state index contributed by atoms with van der Waals surface area (Å²) in [6, 6.07) is 9.10. The number of anilines is 1. The van der Waals surface area contributed by atoms with Crippen molar-refractivity contribution in [3.63, 3.8) is 0 Å². The van der Waals surface area contributed by atoms with Gasteiger partial charge in [-0.15, -0.1) is 0 Å². The Labute approximate surface area is 147 Å². The molecule has 0 aliphatic carbocycles. The van der Waals surface area contributed by atoms with Crippen LogP contribution in [0.25, 0.3) is 0 Å². The largest absolute Gasteiger partial charge is 0.288 e. The molecule has 6 nitrogen and oxygen atoms in total. The summed E-state index contributed by atoms with van der Waals surface area (Å²) in [7, 11) is -2.42. The molecule has 0 atom stereocenters. The zero-order valence-corrected chi connectivity index (χ0v) is 15.2. The van der Waals surface area contributed by atoms with Gasteiger partial charge in [-0.3, -0.25) is 19.2 Å². The van der Waals surface area contributed by atoms with Crippen LogP contribution in [0.2, 0.25) is 0 Å². The number of rotatable bonds is 3. The van der Waals surface area contributed by atoms with Gasteiger partial charge in [0.1, 0.15) is 0 Å². The average molecular weight is 409 g/mol. The van der Waals surface area contributed by atoms with E-state index in [-0.39, 0.29) is 16.0 Å². The molecule has 8 heteroatoms. The number of amides is 2. The highest BCUT2D eigenvalue weighted by Crippen LogP contribution is 2.28. The van der Waals surface area contributed by atoms with E-state index < -0.39 is 21.8 Å². The van der Waals surface area contributed by atoms with E-state index in [4.69, 9.17) is 0 Å². The summed E-state index contributed by atoms with van der Waals surface area (Å²) in [5.41, 5.74) is 1.65. The Morgan fingerprint density at radius 1 is 1.00 bits per heavy atom. The summed E-state index contributed by atoms with van der Waals surface area (Å²) >= 11 is 3.38. The lowest BCUT2D eigenvalue weighted by atomic mass is 10.1. The highest BCUT2D eigenvalue weighted by molar-refractivity contribution is 9.10. The van der Waals surface area contributed by atoms with Crippen LogP contribution in [-0.2, 0) is 10.0 Å². The molecule has 2 aromatic rings. The number of nitrogens with zero attached hydrogens (tertiary/aromatic N) is 1. The third-order valence-corrected chi connectivity index (χ3v) is 6.54. The number of hydrogen-bond donors (Lipinski definition) is 1. The van der Waals surface area contributed by atoms with Crippen molar-refractivity contribution in [1.29, 1.82) is 0 Å². The second-order valence-electron chi connectivity index (χ2n) is 5.40. The predicted octanol–water partition coefficient (Wildman–Crippen LogP) is 2.47. The highest BCUT2D eigenvalue weighted by atomic mass is 79.9. The Hall–Kier alpha value is -2.19. The molecule has 0 bridgehead atoms. The normalized spacial score (nSPS) is 13.6. The maximum Gasteiger partial charge on any atom is 0.264 e. The van der Waals surface area contributed by atoms with Crippen LogP contribution in [0.5, 0.6) is 0 Å². The number of carbonyl (C=O) groups excluding carboxylic acids is 2. The van der Waals surface area contributed by atoms with Gasteiger partial charge in [0.2, 0.25) is 0 Å². The molecule has 0 radical (unpaired) electrons. The van der Waals surface area contributed by atoms with Crippen molar-refractivity contribution in [2.75, 3.05) is 11.4 Å². The quantitative estimate of drug-likeness (QED) is 0.790. The standard InChI is InChI=1S/C16H13BrN2O4S/c1-9-7-10(3-6-14(9)17)19(2)24(22,23)11-4-5-12-13(8-11)16(21)18-15(12)20/h3-8H,1-2H3,(H,18,20,21). The molecule has 2 amide bonds. The Bertz CT molecular complexity index is 986. The molecule has 1 N–H and O–H groups in total. The van der Waals surface area contributed by atoms with Gasteiger partial charge in [0.05, 0.1) is 21.7 Å². The molecule has 2 aromatic carbocycles. The lowest BCUT2D eigenvalue weighted by molar-refractivity contribution is 0.0879. The number of aryl methyl sites for hydroxylation is 1. The van der Waals surface area contributed by atoms with E-state index in [1.54, 1.807) is 18.2 Å². The van der Waals surface area contributed by atoms with Gasteiger partial charge in [0.15, 0.2) is 0 Å². The van der Waals surface area contributed by atoms with Gasteiger partial charge in [-0.1, -0.05) is 15.9 Å². The molecular weight excluding hydrogens is 396 g/mol. The molecule has 0 aromatic heterocycles. The SMILES string of the molecule is Cc1cc(N(C)S(=O)(=O)c2ccc3c(c2)C(=O)NC3=O)ccc1Br. The number of fused-ring (bicyclic) bond motifs is 1. The van der Waals surface area contributed by atoms with Crippen LogP contribution in [0.4, 0.5) is 5.69 Å². The summed E-state index contributed by atoms with van der Waals surface area (Å²) in [5.74, 6) is -1.11. The van der Waals surface area contributed by atoms with Crippen LogP contribution >= 0.6 is 15.9 Å². The molecule has 0 saturated carbocycles. The van der Waals surface area contributed by atoms with Gasteiger partial charge in [-0.05, 0) is 48.9 Å². The summed E-state index contributed by atoms with van der Waals surface area (Å²) in [6.07, 6.45) is 0. The molecule has 1 heterocycles. The van der Waals surface area contributed by atoms with Crippen molar-refractivity contribution >= 4 is 43.5 Å². The van der Waals surface area contributed by atoms with Gasteiger partial charge in [-0.25, -0.2) is 8.42 Å². The average Bonchev–Trinajstić information content (AvgIpc) is 2.83. The van der Waals surface area contributed by atoms with Crippen molar-refractivity contribution in [3.05, 3.63) is 57.6 Å². The minimum absolute atomic E-state index is 0.0471. The molecule has 0 spiro atoms. The van der Waals surface area contributed by atoms with Crippen LogP contribution < -0.4 is 9.62 Å². The van der Waals surface area contributed by atoms with Crippen LogP contribution in [0, 0.1) is 6.92 Å². The lowest BCUT2D eigenvalue weighted by Crippen LogP contribution is -2.26. The third-order valence-electron chi connectivity index (χ3n) is 3.87. The number of hydrogen-bond acceptors (Lipinski definition) is 4. The van der Waals surface area contributed by atoms with E-state index in [1.807, 2.05) is 6.92 Å². The second-order valence-corrected chi connectivity index (χ2v) is 8.22. The monoisotopic (exact) mass is 408 g/mol. The topological polar surface area (TPSA) is 83.6 Å². The first kappa shape index (κ1) is 16.7. The summed E-state index contributed by atoms with van der Waals surface area (Å²) < 4.78 is 27.7. The first-order valence-electron chi connectivity index (χ1n) is 6.96. The molecule has 1 aliphatic heterocycles. The van der Waals surface area contributed by atoms with Crippen molar-refractivity contribution in [2.24, 2.45) is 0 Å². The maximum absolute atomic E-state index is 12.8. The van der Waals surface area contributed by atoms with Crippen LogP contribution in [0.1, 0.15) is 26.3 Å². The summed E-state index contributed by atoms with van der Waals surface area (Å²) in [4.78, 5) is 23.2. The zero-order valence-electron chi connectivity index (χ0n) is 12.8. The number of carbonyl (C=O) groups is 2. The fourth-order valence-electron chi connectivity index (χ4n) is 2.43. The van der Waals surface area contributed by atoms with Gasteiger partial charge in [-0.2, -0.15) is 0 Å². The Morgan fingerprint density at radius 3 is 2.33 bits per heavy atom. The molecule has 0 fully saturated rings. The Balaban J connectivity index is 2.05. The van der Waals surface area contributed by atoms with Crippen molar-refractivity contribution in [1.82, 2.24) is 5.32 Å². The smallest absolute Gasteiger partial charge is 0.264 e.